The van der Waals surface area contributed by atoms with E-state index in [0.717, 1.165) is 0 Å². The van der Waals surface area contributed by atoms with E-state index in [2.05, 4.69) is 0 Å². The molecule has 0 rings (SSSR count). The largest absolute Gasteiger partial charge is 0.459 e. The summed E-state index contributed by atoms with van der Waals surface area (Å²) in [4.78, 5) is 0. The molecular weight excluding hydrogens is 651 g/mol. The summed E-state index contributed by atoms with van der Waals surface area (Å²) >= 11 is 0. The van der Waals surface area contributed by atoms with E-state index in [9.17, 15) is 92.2 Å². The Bertz CT molecular complexity index is 589. The number of hydrogen-bond acceptors (Lipinski definition) is 3. The lowest BCUT2D eigenvalue weighted by molar-refractivity contribution is -0.349. The fourth-order valence-electron chi connectivity index (χ4n) is 0.897. The van der Waals surface area contributed by atoms with Gasteiger partial charge in [-0.25, -0.2) is 0 Å². The fourth-order valence-corrected chi connectivity index (χ4v) is 0.897. The number of aliphatic hydroxyl groups excluding tert-OH is 3. The van der Waals surface area contributed by atoms with Crippen LogP contribution in [0.25, 0.3) is 0 Å². The lowest BCUT2D eigenvalue weighted by Crippen LogP contribution is -2.50. The molecule has 0 aliphatic rings. The average Bonchev–Trinajstić information content (AvgIpc) is 2.69. The summed E-state index contributed by atoms with van der Waals surface area (Å²) in [5.41, 5.74) is -0.708. The Hall–Kier alpha value is -1.59. The predicted molar refractivity (Wildman–Crippen MR) is 94.2 cm³/mol. The van der Waals surface area contributed by atoms with Crippen LogP contribution in [0.15, 0.2) is 0 Å². The second kappa shape index (κ2) is 14.3. The highest BCUT2D eigenvalue weighted by atomic mass is 19.4. The van der Waals surface area contributed by atoms with Crippen molar-refractivity contribution in [3.8, 4) is 0 Å². The summed E-state index contributed by atoms with van der Waals surface area (Å²) in [5.74, 6) is -33.1. The summed E-state index contributed by atoms with van der Waals surface area (Å²) in [6, 6.07) is 0. The van der Waals surface area contributed by atoms with E-state index in [4.69, 9.17) is 15.3 Å². The number of halogens is 21. The number of rotatable bonds is 6. The minimum atomic E-state index is -6.20. The molecule has 0 amide bonds. The standard InChI is InChI=1S/C5H12O3.3C4H3F7/c1-5(2-6,3-7)4-8;3*1-2(5,6)3(7,8)4(9,10)11/h6-8H,2-4H2,1H3;3*1H3. The van der Waals surface area contributed by atoms with Gasteiger partial charge >= 0.3 is 54.1 Å². The molecule has 0 aromatic heterocycles. The third kappa shape index (κ3) is 13.5. The maximum absolute atomic E-state index is 11.6. The van der Waals surface area contributed by atoms with Crippen molar-refractivity contribution in [3.63, 3.8) is 0 Å². The second-order valence-corrected chi connectivity index (χ2v) is 8.17. The Labute approximate surface area is 215 Å². The van der Waals surface area contributed by atoms with Gasteiger partial charge in [0.2, 0.25) is 0 Å². The van der Waals surface area contributed by atoms with Crippen LogP contribution in [-0.4, -0.2) is 89.2 Å². The van der Waals surface area contributed by atoms with Gasteiger partial charge < -0.3 is 15.3 Å². The highest BCUT2D eigenvalue weighted by molar-refractivity contribution is 4.88. The molecule has 3 nitrogen and oxygen atoms in total. The molecule has 0 saturated heterocycles. The van der Waals surface area contributed by atoms with E-state index in [1.807, 2.05) is 0 Å². The first-order chi connectivity index (χ1) is 17.2. The second-order valence-electron chi connectivity index (χ2n) is 8.17. The van der Waals surface area contributed by atoms with Gasteiger partial charge in [0, 0.05) is 26.2 Å². The quantitative estimate of drug-likeness (QED) is 0.257. The molecule has 0 heterocycles. The molecule has 254 valence electrons. The molecule has 0 aromatic rings. The summed E-state index contributed by atoms with van der Waals surface area (Å²) in [5, 5.41) is 25.4. The molecule has 0 atom stereocenters. The molecule has 0 bridgehead atoms. The van der Waals surface area contributed by atoms with Gasteiger partial charge in [0.15, 0.2) is 0 Å². The summed E-state index contributed by atoms with van der Waals surface area (Å²) in [6.07, 6.45) is -18.6. The molecule has 41 heavy (non-hydrogen) atoms. The van der Waals surface area contributed by atoms with Crippen molar-refractivity contribution >= 4 is 0 Å². The molecule has 24 heteroatoms. The first-order valence-electron chi connectivity index (χ1n) is 9.48. The third-order valence-electron chi connectivity index (χ3n) is 3.87. The Morgan fingerprint density at radius 3 is 0.439 bits per heavy atom. The molecule has 3 N–H and O–H groups in total. The van der Waals surface area contributed by atoms with Crippen molar-refractivity contribution in [3.05, 3.63) is 0 Å². The summed E-state index contributed by atoms with van der Waals surface area (Å²) < 4.78 is 238. The van der Waals surface area contributed by atoms with Crippen molar-refractivity contribution in [1.82, 2.24) is 0 Å². The maximum Gasteiger partial charge on any atom is 0.459 e. The third-order valence-corrected chi connectivity index (χ3v) is 3.87. The van der Waals surface area contributed by atoms with Crippen LogP contribution >= 0.6 is 0 Å². The molecule has 0 aromatic carbocycles. The van der Waals surface area contributed by atoms with Crippen molar-refractivity contribution in [2.75, 3.05) is 19.8 Å². The Balaban J connectivity index is -0.000000224. The van der Waals surface area contributed by atoms with E-state index < -0.39 is 80.3 Å². The van der Waals surface area contributed by atoms with E-state index in [0.29, 0.717) is 0 Å². The van der Waals surface area contributed by atoms with E-state index >= 15 is 0 Å². The molecule has 0 saturated carbocycles. The molecule has 0 spiro atoms. The van der Waals surface area contributed by atoms with Crippen LogP contribution in [0.5, 0.6) is 0 Å². The SMILES string of the molecule is CC(CO)(CO)CO.CC(F)(F)C(F)(F)C(F)(F)F.CC(F)(F)C(F)(F)C(F)(F)F.CC(F)(F)C(F)(F)C(F)(F)F. The van der Waals surface area contributed by atoms with Gasteiger partial charge in [-0.2, -0.15) is 92.2 Å². The van der Waals surface area contributed by atoms with Crippen LogP contribution in [0.1, 0.15) is 27.7 Å². The van der Waals surface area contributed by atoms with Crippen molar-refractivity contribution in [2.45, 2.75) is 81.8 Å². The Kier molecular flexibility index (Phi) is 16.1. The van der Waals surface area contributed by atoms with Gasteiger partial charge in [0.1, 0.15) is 0 Å². The molecule has 0 fully saturated rings. The van der Waals surface area contributed by atoms with Gasteiger partial charge in [-0.05, 0) is 0 Å². The topological polar surface area (TPSA) is 60.7 Å². The van der Waals surface area contributed by atoms with Gasteiger partial charge in [0.05, 0.1) is 19.8 Å². The lowest BCUT2D eigenvalue weighted by atomic mass is 9.95. The number of hydrogen-bond donors (Lipinski definition) is 3. The van der Waals surface area contributed by atoms with Gasteiger partial charge in [-0.1, -0.05) is 6.92 Å². The summed E-state index contributed by atoms with van der Waals surface area (Å²) in [7, 11) is 0. The van der Waals surface area contributed by atoms with Gasteiger partial charge in [-0.3, -0.25) is 0 Å². The van der Waals surface area contributed by atoms with Crippen LogP contribution in [0.4, 0.5) is 92.2 Å². The minimum absolute atomic E-state index is 0.181. The fraction of sp³-hybridized carbons (Fsp3) is 1.00. The van der Waals surface area contributed by atoms with E-state index in [1.165, 1.54) is 0 Å². The van der Waals surface area contributed by atoms with Crippen molar-refractivity contribution in [1.29, 1.82) is 0 Å². The number of alkyl halides is 21. The zero-order valence-corrected chi connectivity index (χ0v) is 20.4. The smallest absolute Gasteiger partial charge is 0.396 e. The Morgan fingerprint density at radius 2 is 0.439 bits per heavy atom. The van der Waals surface area contributed by atoms with Crippen LogP contribution < -0.4 is 0 Å². The van der Waals surface area contributed by atoms with Crippen LogP contribution in [-0.2, 0) is 0 Å². The maximum atomic E-state index is 11.6. The normalized spacial score (nSPS) is 14.6. The van der Waals surface area contributed by atoms with Crippen LogP contribution in [0, 0.1) is 5.41 Å². The predicted octanol–water partition coefficient (Wildman–Crippen LogP) is 7.49. The Morgan fingerprint density at radius 1 is 0.317 bits per heavy atom. The van der Waals surface area contributed by atoms with Gasteiger partial charge in [-0.15, -0.1) is 0 Å². The zero-order chi connectivity index (χ0) is 35.1. The van der Waals surface area contributed by atoms with Gasteiger partial charge in [0.25, 0.3) is 0 Å². The highest BCUT2D eigenvalue weighted by Crippen LogP contribution is 2.47. The lowest BCUT2D eigenvalue weighted by Gasteiger charge is -2.24. The molecule has 0 aliphatic carbocycles. The number of aliphatic hydroxyl groups is 3. The molecular formula is C17H21F21O3. The van der Waals surface area contributed by atoms with Crippen LogP contribution in [0.2, 0.25) is 0 Å². The molecule has 0 aliphatic heterocycles. The van der Waals surface area contributed by atoms with Crippen molar-refractivity contribution in [2.24, 2.45) is 5.41 Å². The minimum Gasteiger partial charge on any atom is -0.396 e. The average molecular weight is 672 g/mol. The first kappa shape index (κ1) is 46.4. The van der Waals surface area contributed by atoms with Crippen LogP contribution in [0.3, 0.4) is 0 Å². The zero-order valence-electron chi connectivity index (χ0n) is 20.4. The van der Waals surface area contributed by atoms with E-state index in [-0.39, 0.29) is 19.8 Å². The van der Waals surface area contributed by atoms with Crippen molar-refractivity contribution < 1.29 is 108 Å². The first-order valence-corrected chi connectivity index (χ1v) is 9.48. The van der Waals surface area contributed by atoms with E-state index in [1.54, 1.807) is 6.92 Å². The molecule has 0 unspecified atom stereocenters. The molecule has 0 radical (unpaired) electrons. The monoisotopic (exact) mass is 672 g/mol. The summed E-state index contributed by atoms with van der Waals surface area (Å²) in [6.45, 7) is -0.394. The highest BCUT2D eigenvalue weighted by Gasteiger charge is 2.72.